The SMILES string of the molecule is CC(Nc1ccc(F)c(Cl)c1)C(=O)NC1CCS(=O)(=O)C1. The molecule has 1 aliphatic rings. The molecule has 0 saturated carbocycles. The fraction of sp³-hybridized carbons (Fsp3) is 0.462. The summed E-state index contributed by atoms with van der Waals surface area (Å²) in [6.07, 6.45) is 0.434. The number of halogens is 2. The summed E-state index contributed by atoms with van der Waals surface area (Å²) in [5, 5.41) is 5.55. The highest BCUT2D eigenvalue weighted by atomic mass is 35.5. The van der Waals surface area contributed by atoms with Crippen LogP contribution in [-0.4, -0.2) is 37.9 Å². The molecule has 0 bridgehead atoms. The molecule has 0 radical (unpaired) electrons. The van der Waals surface area contributed by atoms with Crippen molar-refractivity contribution in [2.45, 2.75) is 25.4 Å². The Kier molecular flexibility index (Phi) is 4.73. The van der Waals surface area contributed by atoms with E-state index in [9.17, 15) is 17.6 Å². The smallest absolute Gasteiger partial charge is 0.242 e. The lowest BCUT2D eigenvalue weighted by molar-refractivity contribution is -0.122. The van der Waals surface area contributed by atoms with E-state index in [4.69, 9.17) is 11.6 Å². The van der Waals surface area contributed by atoms with E-state index in [1.807, 2.05) is 0 Å². The first-order valence-electron chi connectivity index (χ1n) is 6.49. The van der Waals surface area contributed by atoms with E-state index in [1.54, 1.807) is 6.92 Å². The molecule has 0 spiro atoms. The molecule has 1 heterocycles. The maximum atomic E-state index is 13.0. The van der Waals surface area contributed by atoms with Gasteiger partial charge in [-0.2, -0.15) is 0 Å². The largest absolute Gasteiger partial charge is 0.374 e. The minimum absolute atomic E-state index is 0.0200. The van der Waals surface area contributed by atoms with Crippen molar-refractivity contribution in [2.75, 3.05) is 16.8 Å². The van der Waals surface area contributed by atoms with Gasteiger partial charge in [0.1, 0.15) is 11.9 Å². The molecule has 2 N–H and O–H groups in total. The maximum Gasteiger partial charge on any atom is 0.242 e. The maximum absolute atomic E-state index is 13.0. The lowest BCUT2D eigenvalue weighted by Gasteiger charge is -2.18. The number of rotatable bonds is 4. The highest BCUT2D eigenvalue weighted by Crippen LogP contribution is 2.20. The van der Waals surface area contributed by atoms with Crippen molar-refractivity contribution in [3.63, 3.8) is 0 Å². The Morgan fingerprint density at radius 1 is 1.48 bits per heavy atom. The van der Waals surface area contributed by atoms with Crippen molar-refractivity contribution in [1.82, 2.24) is 5.32 Å². The zero-order chi connectivity index (χ0) is 15.6. The van der Waals surface area contributed by atoms with Crippen molar-refractivity contribution in [3.05, 3.63) is 29.0 Å². The first-order valence-corrected chi connectivity index (χ1v) is 8.69. The van der Waals surface area contributed by atoms with E-state index in [0.29, 0.717) is 12.1 Å². The molecule has 5 nitrogen and oxygen atoms in total. The van der Waals surface area contributed by atoms with E-state index in [2.05, 4.69) is 10.6 Å². The van der Waals surface area contributed by atoms with Crippen molar-refractivity contribution < 1.29 is 17.6 Å². The van der Waals surface area contributed by atoms with E-state index >= 15 is 0 Å². The monoisotopic (exact) mass is 334 g/mol. The van der Waals surface area contributed by atoms with Gasteiger partial charge in [0, 0.05) is 11.7 Å². The van der Waals surface area contributed by atoms with Crippen LogP contribution in [0.25, 0.3) is 0 Å². The molecule has 2 atom stereocenters. The third-order valence-electron chi connectivity index (χ3n) is 3.27. The second-order valence-corrected chi connectivity index (χ2v) is 7.74. The van der Waals surface area contributed by atoms with Gasteiger partial charge in [-0.1, -0.05) is 11.6 Å². The van der Waals surface area contributed by atoms with Crippen LogP contribution < -0.4 is 10.6 Å². The highest BCUT2D eigenvalue weighted by molar-refractivity contribution is 7.91. The summed E-state index contributed by atoms with van der Waals surface area (Å²) in [5.74, 6) is -0.755. The minimum atomic E-state index is -3.03. The summed E-state index contributed by atoms with van der Waals surface area (Å²) >= 11 is 5.66. The van der Waals surface area contributed by atoms with Gasteiger partial charge in [-0.15, -0.1) is 0 Å². The molecule has 0 aromatic heterocycles. The molecule has 1 saturated heterocycles. The molecule has 1 aromatic rings. The van der Waals surface area contributed by atoms with Gasteiger partial charge in [-0.05, 0) is 31.5 Å². The number of anilines is 1. The molecule has 1 aliphatic heterocycles. The van der Waals surface area contributed by atoms with E-state index in [0.717, 1.165) is 0 Å². The molecule has 8 heteroatoms. The Hall–Kier alpha value is -1.34. The minimum Gasteiger partial charge on any atom is -0.374 e. The van der Waals surface area contributed by atoms with Gasteiger partial charge >= 0.3 is 0 Å². The molecule has 0 aliphatic carbocycles. The zero-order valence-corrected chi connectivity index (χ0v) is 13.0. The van der Waals surface area contributed by atoms with Gasteiger partial charge in [-0.3, -0.25) is 4.79 Å². The number of carbonyl (C=O) groups is 1. The highest BCUT2D eigenvalue weighted by Gasteiger charge is 2.29. The predicted octanol–water partition coefficient (Wildman–Crippen LogP) is 1.58. The number of hydrogen-bond donors (Lipinski definition) is 2. The van der Waals surface area contributed by atoms with Crippen LogP contribution in [0.2, 0.25) is 5.02 Å². The summed E-state index contributed by atoms with van der Waals surface area (Å²) in [7, 11) is -3.03. The molecular weight excluding hydrogens is 319 g/mol. The van der Waals surface area contributed by atoms with Gasteiger partial charge in [0.25, 0.3) is 0 Å². The fourth-order valence-electron chi connectivity index (χ4n) is 2.14. The fourth-order valence-corrected chi connectivity index (χ4v) is 3.99. The topological polar surface area (TPSA) is 75.3 Å². The van der Waals surface area contributed by atoms with Crippen LogP contribution in [0, 0.1) is 5.82 Å². The summed E-state index contributed by atoms with van der Waals surface area (Å²) < 4.78 is 35.7. The lowest BCUT2D eigenvalue weighted by Crippen LogP contribution is -2.43. The Balaban J connectivity index is 1.92. The second kappa shape index (κ2) is 6.19. The predicted molar refractivity (Wildman–Crippen MR) is 79.7 cm³/mol. The van der Waals surface area contributed by atoms with E-state index in [1.165, 1.54) is 18.2 Å². The Bertz CT molecular complexity index is 651. The van der Waals surface area contributed by atoms with Gasteiger partial charge in [0.15, 0.2) is 9.84 Å². The van der Waals surface area contributed by atoms with Gasteiger partial charge in [0.2, 0.25) is 5.91 Å². The van der Waals surface area contributed by atoms with Crippen LogP contribution in [0.3, 0.4) is 0 Å². The second-order valence-electron chi connectivity index (χ2n) is 5.10. The summed E-state index contributed by atoms with van der Waals surface area (Å²) in [5.41, 5.74) is 0.517. The van der Waals surface area contributed by atoms with Crippen LogP contribution in [0.5, 0.6) is 0 Å². The van der Waals surface area contributed by atoms with Crippen molar-refractivity contribution in [2.24, 2.45) is 0 Å². The van der Waals surface area contributed by atoms with Crippen LogP contribution in [0.4, 0.5) is 10.1 Å². The summed E-state index contributed by atoms with van der Waals surface area (Å²) in [6, 6.07) is 3.14. The van der Waals surface area contributed by atoms with Gasteiger partial charge in [0.05, 0.1) is 16.5 Å². The van der Waals surface area contributed by atoms with Crippen LogP contribution in [-0.2, 0) is 14.6 Å². The number of hydrogen-bond acceptors (Lipinski definition) is 4. The first-order chi connectivity index (χ1) is 9.77. The molecule has 21 heavy (non-hydrogen) atoms. The Morgan fingerprint density at radius 3 is 2.76 bits per heavy atom. The number of sulfone groups is 1. The van der Waals surface area contributed by atoms with Crippen molar-refractivity contribution >= 4 is 33.0 Å². The Labute approximate surface area is 127 Å². The molecule has 1 aromatic carbocycles. The average molecular weight is 335 g/mol. The summed E-state index contributed by atoms with van der Waals surface area (Å²) in [4.78, 5) is 12.0. The van der Waals surface area contributed by atoms with Crippen LogP contribution in [0.1, 0.15) is 13.3 Å². The van der Waals surface area contributed by atoms with Crippen molar-refractivity contribution in [3.8, 4) is 0 Å². The number of nitrogens with one attached hydrogen (secondary N) is 2. The van der Waals surface area contributed by atoms with E-state index in [-0.39, 0.29) is 28.5 Å². The quantitative estimate of drug-likeness (QED) is 0.876. The molecule has 2 rings (SSSR count). The molecule has 116 valence electrons. The normalized spacial score (nSPS) is 21.8. The average Bonchev–Trinajstić information content (AvgIpc) is 2.73. The zero-order valence-electron chi connectivity index (χ0n) is 11.4. The molecule has 2 unspecified atom stereocenters. The molecule has 1 fully saturated rings. The first kappa shape index (κ1) is 16.0. The molecule has 1 amide bonds. The van der Waals surface area contributed by atoms with E-state index < -0.39 is 21.7 Å². The standard InChI is InChI=1S/C13H16ClFN2O3S/c1-8(16-9-2-3-12(15)11(14)6-9)13(18)17-10-4-5-21(19,20)7-10/h2-3,6,8,10,16H,4-5,7H2,1H3,(H,17,18). The van der Waals surface area contributed by atoms with Crippen LogP contribution in [0.15, 0.2) is 18.2 Å². The van der Waals surface area contributed by atoms with Crippen molar-refractivity contribution in [1.29, 1.82) is 0 Å². The third-order valence-corrected chi connectivity index (χ3v) is 5.33. The molecular formula is C13H16ClFN2O3S. The third kappa shape index (κ3) is 4.31. The number of amides is 1. The number of carbonyl (C=O) groups excluding carboxylic acids is 1. The lowest BCUT2D eigenvalue weighted by atomic mass is 10.2. The summed E-state index contributed by atoms with van der Waals surface area (Å²) in [6.45, 7) is 1.63. The van der Waals surface area contributed by atoms with Crippen LogP contribution >= 0.6 is 11.6 Å². The Morgan fingerprint density at radius 2 is 2.19 bits per heavy atom. The van der Waals surface area contributed by atoms with Gasteiger partial charge < -0.3 is 10.6 Å². The number of benzene rings is 1. The van der Waals surface area contributed by atoms with Gasteiger partial charge in [-0.25, -0.2) is 12.8 Å².